The lowest BCUT2D eigenvalue weighted by Gasteiger charge is -2.11. The molecule has 6 heteroatoms. The summed E-state index contributed by atoms with van der Waals surface area (Å²) in [5, 5.41) is 9.40. The molecule has 0 bridgehead atoms. The molecule has 3 N–H and O–H groups in total. The van der Waals surface area contributed by atoms with Crippen molar-refractivity contribution in [1.82, 2.24) is 4.72 Å². The van der Waals surface area contributed by atoms with Crippen LogP contribution < -0.4 is 9.44 Å². The summed E-state index contributed by atoms with van der Waals surface area (Å²) in [5.74, 6) is 0. The fourth-order valence-electron chi connectivity index (χ4n) is 1.29. The molecule has 17 heavy (non-hydrogen) atoms. The van der Waals surface area contributed by atoms with E-state index in [1.54, 1.807) is 31.2 Å². The lowest BCUT2D eigenvalue weighted by atomic mass is 10.1. The SMILES string of the molecule is CCCNS(=O)(=O)Nc1cccc(C(C)O)c1. The molecule has 1 atom stereocenters. The highest BCUT2D eigenvalue weighted by atomic mass is 32.2. The zero-order valence-electron chi connectivity index (χ0n) is 9.97. The maximum absolute atomic E-state index is 11.6. The molecular formula is C11H18N2O3S. The normalized spacial score (nSPS) is 13.4. The van der Waals surface area contributed by atoms with Gasteiger partial charge in [-0.2, -0.15) is 13.1 Å². The third kappa shape index (κ3) is 4.72. The molecule has 0 aliphatic carbocycles. The van der Waals surface area contributed by atoms with E-state index in [0.717, 1.165) is 6.42 Å². The molecule has 0 aromatic heterocycles. The molecular weight excluding hydrogens is 240 g/mol. The average Bonchev–Trinajstić information content (AvgIpc) is 2.26. The van der Waals surface area contributed by atoms with Crippen molar-refractivity contribution < 1.29 is 13.5 Å². The predicted octanol–water partition coefficient (Wildman–Crippen LogP) is 1.40. The molecule has 1 rings (SSSR count). The lowest BCUT2D eigenvalue weighted by molar-refractivity contribution is 0.199. The first-order chi connectivity index (χ1) is 7.94. The highest BCUT2D eigenvalue weighted by Crippen LogP contribution is 2.17. The number of nitrogens with one attached hydrogen (secondary N) is 2. The largest absolute Gasteiger partial charge is 0.389 e. The van der Waals surface area contributed by atoms with E-state index in [4.69, 9.17) is 0 Å². The van der Waals surface area contributed by atoms with E-state index in [-0.39, 0.29) is 0 Å². The van der Waals surface area contributed by atoms with Gasteiger partial charge in [0.05, 0.1) is 11.8 Å². The summed E-state index contributed by atoms with van der Waals surface area (Å²) in [4.78, 5) is 0. The van der Waals surface area contributed by atoms with Crippen molar-refractivity contribution in [3.05, 3.63) is 29.8 Å². The summed E-state index contributed by atoms with van der Waals surface area (Å²) in [6, 6.07) is 6.68. The second-order valence-corrected chi connectivity index (χ2v) is 5.30. The van der Waals surface area contributed by atoms with E-state index in [0.29, 0.717) is 17.8 Å². The molecule has 0 aliphatic heterocycles. The number of aliphatic hydroxyl groups excluding tert-OH is 1. The Hall–Kier alpha value is -1.11. The summed E-state index contributed by atoms with van der Waals surface area (Å²) in [7, 11) is -3.52. The van der Waals surface area contributed by atoms with Gasteiger partial charge in [-0.25, -0.2) is 0 Å². The minimum absolute atomic E-state index is 0.394. The van der Waals surface area contributed by atoms with Gasteiger partial charge in [-0.3, -0.25) is 4.72 Å². The van der Waals surface area contributed by atoms with Crippen LogP contribution in [0.4, 0.5) is 5.69 Å². The van der Waals surface area contributed by atoms with Gasteiger partial charge < -0.3 is 5.11 Å². The van der Waals surface area contributed by atoms with E-state index < -0.39 is 16.3 Å². The number of benzene rings is 1. The van der Waals surface area contributed by atoms with Crippen molar-refractivity contribution >= 4 is 15.9 Å². The molecule has 1 aromatic carbocycles. The zero-order chi connectivity index (χ0) is 12.9. The highest BCUT2D eigenvalue weighted by Gasteiger charge is 2.09. The van der Waals surface area contributed by atoms with Crippen LogP contribution in [-0.4, -0.2) is 20.1 Å². The molecule has 1 aromatic rings. The van der Waals surface area contributed by atoms with Gasteiger partial charge in [0.25, 0.3) is 10.2 Å². The first kappa shape index (κ1) is 14.0. The standard InChI is InChI=1S/C11H18N2O3S/c1-3-7-12-17(15,16)13-11-6-4-5-10(8-11)9(2)14/h4-6,8-9,12-14H,3,7H2,1-2H3. The highest BCUT2D eigenvalue weighted by molar-refractivity contribution is 7.90. The Morgan fingerprint density at radius 2 is 2.12 bits per heavy atom. The molecule has 0 radical (unpaired) electrons. The predicted molar refractivity (Wildman–Crippen MR) is 67.9 cm³/mol. The fourth-order valence-corrected chi connectivity index (χ4v) is 2.27. The minimum Gasteiger partial charge on any atom is -0.389 e. The van der Waals surface area contributed by atoms with Crippen LogP contribution in [0, 0.1) is 0 Å². The monoisotopic (exact) mass is 258 g/mol. The Morgan fingerprint density at radius 1 is 1.41 bits per heavy atom. The Morgan fingerprint density at radius 3 is 2.71 bits per heavy atom. The first-order valence-electron chi connectivity index (χ1n) is 5.50. The summed E-state index contributed by atoms with van der Waals surface area (Å²) in [6.45, 7) is 3.91. The second kappa shape index (κ2) is 6.00. The Kier molecular flexibility index (Phi) is 4.92. The van der Waals surface area contributed by atoms with Crippen molar-refractivity contribution in [2.75, 3.05) is 11.3 Å². The van der Waals surface area contributed by atoms with Gasteiger partial charge >= 0.3 is 0 Å². The summed E-state index contributed by atoms with van der Waals surface area (Å²) in [6.07, 6.45) is 0.109. The van der Waals surface area contributed by atoms with E-state index >= 15 is 0 Å². The van der Waals surface area contributed by atoms with Crippen molar-refractivity contribution in [2.24, 2.45) is 0 Å². The van der Waals surface area contributed by atoms with Crippen molar-refractivity contribution in [1.29, 1.82) is 0 Å². The van der Waals surface area contributed by atoms with Crippen molar-refractivity contribution in [2.45, 2.75) is 26.4 Å². The summed E-state index contributed by atoms with van der Waals surface area (Å²) >= 11 is 0. The van der Waals surface area contributed by atoms with E-state index in [2.05, 4.69) is 9.44 Å². The van der Waals surface area contributed by atoms with Crippen LogP contribution in [-0.2, 0) is 10.2 Å². The minimum atomic E-state index is -3.52. The summed E-state index contributed by atoms with van der Waals surface area (Å²) in [5.41, 5.74) is 1.10. The number of hydrogen-bond acceptors (Lipinski definition) is 3. The van der Waals surface area contributed by atoms with E-state index in [1.165, 1.54) is 0 Å². The number of anilines is 1. The quantitative estimate of drug-likeness (QED) is 0.721. The number of hydrogen-bond donors (Lipinski definition) is 3. The Bertz CT molecular complexity index is 458. The van der Waals surface area contributed by atoms with Crippen LogP contribution in [0.25, 0.3) is 0 Å². The summed E-state index contributed by atoms with van der Waals surface area (Å²) < 4.78 is 27.9. The molecule has 96 valence electrons. The average molecular weight is 258 g/mol. The van der Waals surface area contributed by atoms with Gasteiger partial charge in [0.1, 0.15) is 0 Å². The Balaban J connectivity index is 2.78. The van der Waals surface area contributed by atoms with Gasteiger partial charge in [0.15, 0.2) is 0 Å². The van der Waals surface area contributed by atoms with Gasteiger partial charge in [0.2, 0.25) is 0 Å². The van der Waals surface area contributed by atoms with Crippen LogP contribution in [0.3, 0.4) is 0 Å². The third-order valence-corrected chi connectivity index (χ3v) is 3.25. The molecule has 0 fully saturated rings. The maximum Gasteiger partial charge on any atom is 0.299 e. The van der Waals surface area contributed by atoms with Crippen molar-refractivity contribution in [3.8, 4) is 0 Å². The van der Waals surface area contributed by atoms with Crippen LogP contribution in [0.1, 0.15) is 31.9 Å². The molecule has 0 saturated carbocycles. The third-order valence-electron chi connectivity index (χ3n) is 2.16. The van der Waals surface area contributed by atoms with E-state index in [1.807, 2.05) is 6.92 Å². The molecule has 0 aliphatic rings. The maximum atomic E-state index is 11.6. The van der Waals surface area contributed by atoms with E-state index in [9.17, 15) is 13.5 Å². The zero-order valence-corrected chi connectivity index (χ0v) is 10.8. The molecule has 5 nitrogen and oxygen atoms in total. The molecule has 0 amide bonds. The first-order valence-corrected chi connectivity index (χ1v) is 6.98. The van der Waals surface area contributed by atoms with Gasteiger partial charge in [-0.1, -0.05) is 19.1 Å². The smallest absolute Gasteiger partial charge is 0.299 e. The Labute approximate surface area is 102 Å². The lowest BCUT2D eigenvalue weighted by Crippen LogP contribution is -2.30. The number of aliphatic hydroxyl groups is 1. The van der Waals surface area contributed by atoms with Crippen LogP contribution in [0.15, 0.2) is 24.3 Å². The molecule has 1 unspecified atom stereocenters. The fraction of sp³-hybridized carbons (Fsp3) is 0.455. The van der Waals surface area contributed by atoms with Gasteiger partial charge in [-0.15, -0.1) is 0 Å². The molecule has 0 heterocycles. The van der Waals surface area contributed by atoms with Gasteiger partial charge in [0, 0.05) is 6.54 Å². The molecule has 0 spiro atoms. The molecule has 0 saturated heterocycles. The number of rotatable bonds is 6. The van der Waals surface area contributed by atoms with Crippen LogP contribution in [0.2, 0.25) is 0 Å². The van der Waals surface area contributed by atoms with Crippen LogP contribution >= 0.6 is 0 Å². The second-order valence-electron chi connectivity index (χ2n) is 3.80. The van der Waals surface area contributed by atoms with Crippen LogP contribution in [0.5, 0.6) is 0 Å². The topological polar surface area (TPSA) is 78.4 Å². The van der Waals surface area contributed by atoms with Crippen molar-refractivity contribution in [3.63, 3.8) is 0 Å². The van der Waals surface area contributed by atoms with Gasteiger partial charge in [-0.05, 0) is 31.0 Å².